The summed E-state index contributed by atoms with van der Waals surface area (Å²) in [6.45, 7) is 0. The molecule has 0 amide bonds. The molecule has 1 aromatic heterocycles. The molecule has 1 N–H and O–H groups in total. The molecule has 0 aliphatic heterocycles. The molecule has 0 bridgehead atoms. The van der Waals surface area contributed by atoms with E-state index in [1.165, 1.54) is 32.1 Å². The van der Waals surface area contributed by atoms with E-state index < -0.39 is 0 Å². The first-order valence-electron chi connectivity index (χ1n) is 6.62. The van der Waals surface area contributed by atoms with Gasteiger partial charge in [-0.3, -0.25) is 5.10 Å². The average Bonchev–Trinajstić information content (AvgIpc) is 2.92. The Morgan fingerprint density at radius 2 is 2.00 bits per heavy atom. The lowest BCUT2D eigenvalue weighted by Crippen LogP contribution is -2.06. The van der Waals surface area contributed by atoms with Crippen LogP contribution in [0.15, 0.2) is 22.7 Å². The van der Waals surface area contributed by atoms with E-state index >= 15 is 0 Å². The third kappa shape index (κ3) is 2.70. The van der Waals surface area contributed by atoms with Gasteiger partial charge in [-0.15, -0.1) is 0 Å². The van der Waals surface area contributed by atoms with E-state index in [2.05, 4.69) is 31.1 Å². The van der Waals surface area contributed by atoms with Crippen molar-refractivity contribution in [1.29, 1.82) is 0 Å². The SMILES string of the molecule is Clc1c(Br)cccc1-c1n[nH]c(C2CCCCC2)n1. The van der Waals surface area contributed by atoms with Gasteiger partial charge >= 0.3 is 0 Å². The predicted octanol–water partition coefficient (Wildman–Crippen LogP) is 4.94. The molecule has 3 nitrogen and oxygen atoms in total. The van der Waals surface area contributed by atoms with Crippen LogP contribution in [0.4, 0.5) is 0 Å². The zero-order valence-corrected chi connectivity index (χ0v) is 12.8. The summed E-state index contributed by atoms with van der Waals surface area (Å²) in [7, 11) is 0. The summed E-state index contributed by atoms with van der Waals surface area (Å²) in [5.41, 5.74) is 0.870. The van der Waals surface area contributed by atoms with Gasteiger partial charge in [0, 0.05) is 16.0 Å². The van der Waals surface area contributed by atoms with Gasteiger partial charge in [-0.25, -0.2) is 4.98 Å². The van der Waals surface area contributed by atoms with E-state index in [0.717, 1.165) is 15.9 Å². The highest BCUT2D eigenvalue weighted by Crippen LogP contribution is 2.34. The summed E-state index contributed by atoms with van der Waals surface area (Å²) in [5, 5.41) is 8.07. The number of nitrogens with zero attached hydrogens (tertiary/aromatic N) is 2. The lowest BCUT2D eigenvalue weighted by atomic mass is 9.89. The van der Waals surface area contributed by atoms with Gasteiger partial charge < -0.3 is 0 Å². The summed E-state index contributed by atoms with van der Waals surface area (Å²) >= 11 is 9.71. The molecule has 1 heterocycles. The zero-order chi connectivity index (χ0) is 13.2. The Bertz CT molecular complexity index is 576. The second kappa shape index (κ2) is 5.63. The van der Waals surface area contributed by atoms with E-state index in [1.54, 1.807) is 0 Å². The standard InChI is InChI=1S/C14H15BrClN3/c15-11-8-4-7-10(12(11)16)14-17-13(18-19-14)9-5-2-1-3-6-9/h4,7-9H,1-3,5-6H2,(H,17,18,19). The molecule has 19 heavy (non-hydrogen) atoms. The second-order valence-corrected chi connectivity index (χ2v) is 6.21. The van der Waals surface area contributed by atoms with Crippen molar-refractivity contribution in [3.05, 3.63) is 33.5 Å². The maximum absolute atomic E-state index is 6.28. The average molecular weight is 341 g/mol. The number of aromatic amines is 1. The third-order valence-electron chi connectivity index (χ3n) is 3.69. The van der Waals surface area contributed by atoms with Crippen LogP contribution in [0.1, 0.15) is 43.8 Å². The van der Waals surface area contributed by atoms with Gasteiger partial charge in [0.2, 0.25) is 0 Å². The van der Waals surface area contributed by atoms with Crippen molar-refractivity contribution in [2.75, 3.05) is 0 Å². The normalized spacial score (nSPS) is 16.7. The highest BCUT2D eigenvalue weighted by molar-refractivity contribution is 9.10. The van der Waals surface area contributed by atoms with Crippen LogP contribution < -0.4 is 0 Å². The first-order chi connectivity index (χ1) is 9.25. The molecule has 1 aromatic carbocycles. The van der Waals surface area contributed by atoms with Gasteiger partial charge in [-0.1, -0.05) is 36.9 Å². The molecule has 1 saturated carbocycles. The number of nitrogens with one attached hydrogen (secondary N) is 1. The predicted molar refractivity (Wildman–Crippen MR) is 80.4 cm³/mol. The van der Waals surface area contributed by atoms with Crippen molar-refractivity contribution in [1.82, 2.24) is 15.2 Å². The first-order valence-corrected chi connectivity index (χ1v) is 7.79. The van der Waals surface area contributed by atoms with Crippen LogP contribution in [0.3, 0.4) is 0 Å². The molecule has 1 aliphatic rings. The lowest BCUT2D eigenvalue weighted by Gasteiger charge is -2.18. The van der Waals surface area contributed by atoms with Gasteiger partial charge in [-0.05, 0) is 40.9 Å². The topological polar surface area (TPSA) is 41.6 Å². The van der Waals surface area contributed by atoms with Crippen LogP contribution in [0.5, 0.6) is 0 Å². The third-order valence-corrected chi connectivity index (χ3v) is 4.98. The number of hydrogen-bond acceptors (Lipinski definition) is 2. The summed E-state index contributed by atoms with van der Waals surface area (Å²) in [5.74, 6) is 2.22. The van der Waals surface area contributed by atoms with E-state index in [9.17, 15) is 0 Å². The minimum atomic E-state index is 0.529. The summed E-state index contributed by atoms with van der Waals surface area (Å²) in [4.78, 5) is 4.63. The molecule has 2 aromatic rings. The number of H-pyrrole nitrogens is 1. The van der Waals surface area contributed by atoms with Crippen LogP contribution >= 0.6 is 27.5 Å². The van der Waals surface area contributed by atoms with E-state index in [0.29, 0.717) is 16.8 Å². The fourth-order valence-electron chi connectivity index (χ4n) is 2.63. The number of aromatic nitrogens is 3. The molecule has 0 radical (unpaired) electrons. The summed E-state index contributed by atoms with van der Waals surface area (Å²) in [6.07, 6.45) is 6.34. The number of rotatable bonds is 2. The minimum Gasteiger partial charge on any atom is -0.262 e. The fraction of sp³-hybridized carbons (Fsp3) is 0.429. The van der Waals surface area contributed by atoms with Gasteiger partial charge in [0.15, 0.2) is 5.82 Å². The highest BCUT2D eigenvalue weighted by atomic mass is 79.9. The molecule has 0 spiro atoms. The maximum Gasteiger partial charge on any atom is 0.182 e. The highest BCUT2D eigenvalue weighted by Gasteiger charge is 2.20. The molecular weight excluding hydrogens is 326 g/mol. The molecular formula is C14H15BrClN3. The number of benzene rings is 1. The Morgan fingerprint density at radius 1 is 1.21 bits per heavy atom. The van der Waals surface area contributed by atoms with Gasteiger partial charge in [0.1, 0.15) is 5.82 Å². The van der Waals surface area contributed by atoms with E-state index in [1.807, 2.05) is 18.2 Å². The monoisotopic (exact) mass is 339 g/mol. The van der Waals surface area contributed by atoms with Crippen molar-refractivity contribution >= 4 is 27.5 Å². The quantitative estimate of drug-likeness (QED) is 0.841. The van der Waals surface area contributed by atoms with Gasteiger partial charge in [0.25, 0.3) is 0 Å². The Balaban J connectivity index is 1.90. The fourth-order valence-corrected chi connectivity index (χ4v) is 3.21. The smallest absolute Gasteiger partial charge is 0.182 e. The van der Waals surface area contributed by atoms with E-state index in [4.69, 9.17) is 11.6 Å². The van der Waals surface area contributed by atoms with Crippen LogP contribution in [-0.4, -0.2) is 15.2 Å². The van der Waals surface area contributed by atoms with Crippen molar-refractivity contribution < 1.29 is 0 Å². The molecule has 5 heteroatoms. The largest absolute Gasteiger partial charge is 0.262 e. The van der Waals surface area contributed by atoms with Gasteiger partial charge in [0.05, 0.1) is 5.02 Å². The van der Waals surface area contributed by atoms with Crippen LogP contribution in [0.25, 0.3) is 11.4 Å². The molecule has 0 unspecified atom stereocenters. The first kappa shape index (κ1) is 13.1. The Hall–Kier alpha value is -0.870. The Kier molecular flexibility index (Phi) is 3.89. The Morgan fingerprint density at radius 3 is 2.79 bits per heavy atom. The summed E-state index contributed by atoms with van der Waals surface area (Å²) < 4.78 is 0.871. The van der Waals surface area contributed by atoms with Crippen LogP contribution in [0, 0.1) is 0 Å². The molecule has 1 fully saturated rings. The lowest BCUT2D eigenvalue weighted by molar-refractivity contribution is 0.429. The number of halogens is 2. The van der Waals surface area contributed by atoms with Crippen molar-refractivity contribution in [2.24, 2.45) is 0 Å². The molecule has 100 valence electrons. The zero-order valence-electron chi connectivity index (χ0n) is 10.5. The summed E-state index contributed by atoms with van der Waals surface area (Å²) in [6, 6.07) is 5.81. The maximum atomic E-state index is 6.28. The van der Waals surface area contributed by atoms with Crippen LogP contribution in [0.2, 0.25) is 5.02 Å². The molecule has 0 saturated heterocycles. The second-order valence-electron chi connectivity index (χ2n) is 4.98. The van der Waals surface area contributed by atoms with Crippen molar-refractivity contribution in [2.45, 2.75) is 38.0 Å². The van der Waals surface area contributed by atoms with Crippen molar-refractivity contribution in [3.63, 3.8) is 0 Å². The number of hydrogen-bond donors (Lipinski definition) is 1. The van der Waals surface area contributed by atoms with E-state index in [-0.39, 0.29) is 0 Å². The molecule has 0 atom stereocenters. The van der Waals surface area contributed by atoms with Gasteiger partial charge in [-0.2, -0.15) is 5.10 Å². The van der Waals surface area contributed by atoms with Crippen LogP contribution in [-0.2, 0) is 0 Å². The molecule has 3 rings (SSSR count). The molecule has 1 aliphatic carbocycles. The minimum absolute atomic E-state index is 0.529. The van der Waals surface area contributed by atoms with Crippen molar-refractivity contribution in [3.8, 4) is 11.4 Å². The Labute approximate surface area is 125 Å².